The van der Waals surface area contributed by atoms with Gasteiger partial charge in [-0.25, -0.2) is 4.98 Å². The molecular formula is C11H11BrN2O. The standard InChI is InChI=1S/C11H11BrN2O/c1-3-4-5-10(15)14-9-6-8(2)11(12)13-7-9/h1,6-7H,4-5H2,2H3,(H,14,15). The van der Waals surface area contributed by atoms with Gasteiger partial charge >= 0.3 is 0 Å². The van der Waals surface area contributed by atoms with Crippen molar-refractivity contribution in [1.29, 1.82) is 0 Å². The lowest BCUT2D eigenvalue weighted by atomic mass is 10.2. The van der Waals surface area contributed by atoms with E-state index in [0.29, 0.717) is 18.5 Å². The maximum absolute atomic E-state index is 11.3. The van der Waals surface area contributed by atoms with Gasteiger partial charge in [0.25, 0.3) is 0 Å². The van der Waals surface area contributed by atoms with Gasteiger partial charge in [0.1, 0.15) is 4.60 Å². The summed E-state index contributed by atoms with van der Waals surface area (Å²) in [7, 11) is 0. The molecule has 0 aliphatic rings. The van der Waals surface area contributed by atoms with Crippen LogP contribution in [0.3, 0.4) is 0 Å². The second-order valence-electron chi connectivity index (χ2n) is 3.08. The summed E-state index contributed by atoms with van der Waals surface area (Å²) >= 11 is 3.29. The third kappa shape index (κ3) is 3.72. The monoisotopic (exact) mass is 266 g/mol. The van der Waals surface area contributed by atoms with Crippen molar-refractivity contribution in [2.45, 2.75) is 19.8 Å². The summed E-state index contributed by atoms with van der Waals surface area (Å²) < 4.78 is 0.782. The van der Waals surface area contributed by atoms with E-state index in [1.54, 1.807) is 6.20 Å². The molecule has 0 bridgehead atoms. The predicted octanol–water partition coefficient (Wildman–Crippen LogP) is 2.50. The zero-order chi connectivity index (χ0) is 11.3. The van der Waals surface area contributed by atoms with Gasteiger partial charge in [-0.15, -0.1) is 12.3 Å². The Labute approximate surface area is 97.4 Å². The molecule has 1 amide bonds. The van der Waals surface area contributed by atoms with Crippen LogP contribution in [0.1, 0.15) is 18.4 Å². The third-order valence-electron chi connectivity index (χ3n) is 1.79. The lowest BCUT2D eigenvalue weighted by molar-refractivity contribution is -0.116. The Morgan fingerprint density at radius 1 is 1.73 bits per heavy atom. The Balaban J connectivity index is 2.62. The van der Waals surface area contributed by atoms with Gasteiger partial charge < -0.3 is 5.32 Å². The average Bonchev–Trinajstić information content (AvgIpc) is 2.20. The number of amides is 1. The highest BCUT2D eigenvalue weighted by molar-refractivity contribution is 9.10. The average molecular weight is 267 g/mol. The molecule has 0 fully saturated rings. The molecule has 0 saturated carbocycles. The van der Waals surface area contributed by atoms with Gasteiger partial charge in [0.05, 0.1) is 11.9 Å². The van der Waals surface area contributed by atoms with Gasteiger partial charge in [0.2, 0.25) is 5.91 Å². The number of nitrogens with one attached hydrogen (secondary N) is 1. The number of pyridine rings is 1. The van der Waals surface area contributed by atoms with Crippen LogP contribution < -0.4 is 5.32 Å². The molecule has 0 aliphatic heterocycles. The maximum Gasteiger partial charge on any atom is 0.225 e. The summed E-state index contributed by atoms with van der Waals surface area (Å²) in [5.41, 5.74) is 1.67. The van der Waals surface area contributed by atoms with Crippen molar-refractivity contribution in [3.05, 3.63) is 22.4 Å². The first-order chi connectivity index (χ1) is 7.13. The van der Waals surface area contributed by atoms with Crippen LogP contribution in [0.25, 0.3) is 0 Å². The van der Waals surface area contributed by atoms with Gasteiger partial charge in [0.15, 0.2) is 0 Å². The van der Waals surface area contributed by atoms with Gasteiger partial charge in [-0.1, -0.05) is 0 Å². The summed E-state index contributed by atoms with van der Waals surface area (Å²) in [6.07, 6.45) is 7.46. The Bertz CT molecular complexity index is 410. The predicted molar refractivity (Wildman–Crippen MR) is 63.4 cm³/mol. The number of anilines is 1. The van der Waals surface area contributed by atoms with Crippen LogP contribution in [-0.2, 0) is 4.79 Å². The molecule has 0 unspecified atom stereocenters. The summed E-state index contributed by atoms with van der Waals surface area (Å²) in [6, 6.07) is 1.85. The number of aromatic nitrogens is 1. The molecule has 78 valence electrons. The lowest BCUT2D eigenvalue weighted by Gasteiger charge is -2.05. The highest BCUT2D eigenvalue weighted by atomic mass is 79.9. The largest absolute Gasteiger partial charge is 0.325 e. The van der Waals surface area contributed by atoms with Crippen LogP contribution in [0.5, 0.6) is 0 Å². The summed E-state index contributed by atoms with van der Waals surface area (Å²) in [5.74, 6) is 2.33. The first-order valence-electron chi connectivity index (χ1n) is 4.49. The van der Waals surface area contributed by atoms with E-state index in [2.05, 4.69) is 32.2 Å². The number of hydrogen-bond acceptors (Lipinski definition) is 2. The molecule has 0 aliphatic carbocycles. The lowest BCUT2D eigenvalue weighted by Crippen LogP contribution is -2.11. The second-order valence-corrected chi connectivity index (χ2v) is 3.84. The number of rotatable bonds is 3. The van der Waals surface area contributed by atoms with E-state index in [-0.39, 0.29) is 5.91 Å². The fourth-order valence-electron chi connectivity index (χ4n) is 1.04. The molecule has 1 N–H and O–H groups in total. The molecule has 1 rings (SSSR count). The van der Waals surface area contributed by atoms with Crippen LogP contribution in [-0.4, -0.2) is 10.9 Å². The van der Waals surface area contributed by atoms with Crippen molar-refractivity contribution in [2.24, 2.45) is 0 Å². The van der Waals surface area contributed by atoms with Crippen LogP contribution in [0.2, 0.25) is 0 Å². The number of hydrogen-bond donors (Lipinski definition) is 1. The Hall–Kier alpha value is -1.34. The molecule has 0 saturated heterocycles. The molecule has 0 radical (unpaired) electrons. The van der Waals surface area contributed by atoms with E-state index in [4.69, 9.17) is 6.42 Å². The van der Waals surface area contributed by atoms with Crippen molar-refractivity contribution in [2.75, 3.05) is 5.32 Å². The molecule has 0 atom stereocenters. The van der Waals surface area contributed by atoms with Crippen molar-refractivity contribution in [1.82, 2.24) is 4.98 Å². The third-order valence-corrected chi connectivity index (χ3v) is 2.62. The molecule has 4 heteroatoms. The fourth-order valence-corrected chi connectivity index (χ4v) is 1.25. The van der Waals surface area contributed by atoms with E-state index < -0.39 is 0 Å². The number of aryl methyl sites for hydroxylation is 1. The van der Waals surface area contributed by atoms with Gasteiger partial charge in [0, 0.05) is 12.8 Å². The van der Waals surface area contributed by atoms with E-state index >= 15 is 0 Å². The van der Waals surface area contributed by atoms with Crippen LogP contribution in [0.4, 0.5) is 5.69 Å². The minimum atomic E-state index is -0.0866. The Kier molecular flexibility index (Phi) is 4.32. The molecule has 1 aromatic heterocycles. The SMILES string of the molecule is C#CCCC(=O)Nc1cnc(Br)c(C)c1. The van der Waals surface area contributed by atoms with E-state index in [0.717, 1.165) is 10.2 Å². The van der Waals surface area contributed by atoms with E-state index in [1.165, 1.54) is 0 Å². The maximum atomic E-state index is 11.3. The Morgan fingerprint density at radius 2 is 2.47 bits per heavy atom. The zero-order valence-electron chi connectivity index (χ0n) is 8.38. The van der Waals surface area contributed by atoms with Crippen molar-refractivity contribution < 1.29 is 4.79 Å². The molecular weight excluding hydrogens is 256 g/mol. The topological polar surface area (TPSA) is 42.0 Å². The van der Waals surface area contributed by atoms with Crippen molar-refractivity contribution in [3.63, 3.8) is 0 Å². The number of nitrogens with zero attached hydrogens (tertiary/aromatic N) is 1. The number of halogens is 1. The minimum Gasteiger partial charge on any atom is -0.325 e. The summed E-state index contributed by atoms with van der Waals surface area (Å²) in [6.45, 7) is 1.91. The van der Waals surface area contributed by atoms with Gasteiger partial charge in [-0.3, -0.25) is 4.79 Å². The number of carbonyl (C=O) groups is 1. The van der Waals surface area contributed by atoms with Gasteiger partial charge in [-0.2, -0.15) is 0 Å². The molecule has 1 heterocycles. The van der Waals surface area contributed by atoms with E-state index in [9.17, 15) is 4.79 Å². The van der Waals surface area contributed by atoms with Crippen LogP contribution in [0, 0.1) is 19.3 Å². The fraction of sp³-hybridized carbons (Fsp3) is 0.273. The van der Waals surface area contributed by atoms with Gasteiger partial charge in [-0.05, 0) is 34.5 Å². The molecule has 3 nitrogen and oxygen atoms in total. The Morgan fingerprint density at radius 3 is 3.07 bits per heavy atom. The quantitative estimate of drug-likeness (QED) is 0.675. The first-order valence-corrected chi connectivity index (χ1v) is 5.28. The summed E-state index contributed by atoms with van der Waals surface area (Å²) in [5, 5.41) is 2.73. The highest BCUT2D eigenvalue weighted by Crippen LogP contribution is 2.16. The van der Waals surface area contributed by atoms with Crippen molar-refractivity contribution >= 4 is 27.5 Å². The van der Waals surface area contributed by atoms with Crippen molar-refractivity contribution in [3.8, 4) is 12.3 Å². The normalized spacial score (nSPS) is 9.40. The van der Waals surface area contributed by atoms with E-state index in [1.807, 2.05) is 13.0 Å². The number of carbonyl (C=O) groups excluding carboxylic acids is 1. The molecule has 15 heavy (non-hydrogen) atoms. The van der Waals surface area contributed by atoms with Crippen LogP contribution >= 0.6 is 15.9 Å². The molecule has 1 aromatic rings. The number of terminal acetylenes is 1. The minimum absolute atomic E-state index is 0.0866. The summed E-state index contributed by atoms with van der Waals surface area (Å²) in [4.78, 5) is 15.4. The first kappa shape index (κ1) is 11.7. The smallest absolute Gasteiger partial charge is 0.225 e. The second kappa shape index (κ2) is 5.52. The molecule has 0 aromatic carbocycles. The van der Waals surface area contributed by atoms with Crippen LogP contribution in [0.15, 0.2) is 16.9 Å². The highest BCUT2D eigenvalue weighted by Gasteiger charge is 2.03. The zero-order valence-corrected chi connectivity index (χ0v) is 9.97. The molecule has 0 spiro atoms.